The molecule has 2 N–H and O–H groups in total. The minimum Gasteiger partial charge on any atom is -0.466 e. The van der Waals surface area contributed by atoms with Gasteiger partial charge >= 0.3 is 0 Å². The van der Waals surface area contributed by atoms with Crippen molar-refractivity contribution in [1.82, 2.24) is 0 Å². The second kappa shape index (κ2) is 3.94. The molecule has 0 amide bonds. The third kappa shape index (κ3) is 1.92. The number of hydrogen-bond donors (Lipinski definition) is 2. The van der Waals surface area contributed by atoms with E-state index in [0.29, 0.717) is 18.6 Å². The minimum absolute atomic E-state index is 0.422. The summed E-state index contributed by atoms with van der Waals surface area (Å²) < 4.78 is 5.04. The van der Waals surface area contributed by atoms with Crippen LogP contribution in [0.15, 0.2) is 22.8 Å². The van der Waals surface area contributed by atoms with Crippen molar-refractivity contribution in [3.8, 4) is 0 Å². The lowest BCUT2D eigenvalue weighted by Crippen LogP contribution is -2.34. The summed E-state index contributed by atoms with van der Waals surface area (Å²) in [6, 6.07) is 3.37. The van der Waals surface area contributed by atoms with Gasteiger partial charge in [0.15, 0.2) is 0 Å². The van der Waals surface area contributed by atoms with Gasteiger partial charge in [-0.25, -0.2) is 0 Å². The lowest BCUT2D eigenvalue weighted by atomic mass is 9.89. The molecule has 74 valence electrons. The summed E-state index contributed by atoms with van der Waals surface area (Å²) >= 11 is 0. The Kier molecular flexibility index (Phi) is 3.12. The van der Waals surface area contributed by atoms with E-state index in [2.05, 4.69) is 0 Å². The van der Waals surface area contributed by atoms with Crippen molar-refractivity contribution in [2.24, 2.45) is 0 Å². The Morgan fingerprint density at radius 3 is 2.46 bits per heavy atom. The van der Waals surface area contributed by atoms with Crippen LogP contribution in [0.3, 0.4) is 0 Å². The average Bonchev–Trinajstić information content (AvgIpc) is 2.68. The van der Waals surface area contributed by atoms with E-state index >= 15 is 0 Å². The summed E-state index contributed by atoms with van der Waals surface area (Å²) in [5.74, 6) is 0.422. The molecule has 0 aliphatic carbocycles. The Morgan fingerprint density at radius 2 is 2.08 bits per heavy atom. The van der Waals surface area contributed by atoms with Crippen LogP contribution in [-0.2, 0) is 0 Å². The second-order valence-corrected chi connectivity index (χ2v) is 3.23. The molecule has 1 rings (SSSR count). The minimum atomic E-state index is -1.07. The number of aliphatic hydroxyl groups excluding tert-OH is 1. The lowest BCUT2D eigenvalue weighted by molar-refractivity contribution is -0.0903. The molecule has 1 aromatic heterocycles. The third-order valence-electron chi connectivity index (χ3n) is 2.55. The van der Waals surface area contributed by atoms with Crippen LogP contribution < -0.4 is 0 Å². The second-order valence-electron chi connectivity index (χ2n) is 3.23. The highest BCUT2D eigenvalue weighted by Gasteiger charge is 2.34. The SMILES string of the molecule is CCC(O)(CC)C(O)c1ccco1. The van der Waals surface area contributed by atoms with Crippen LogP contribution in [0.1, 0.15) is 38.6 Å². The highest BCUT2D eigenvalue weighted by molar-refractivity contribution is 5.07. The fraction of sp³-hybridized carbons (Fsp3) is 0.600. The molecule has 0 fully saturated rings. The van der Waals surface area contributed by atoms with E-state index in [9.17, 15) is 10.2 Å². The van der Waals surface area contributed by atoms with E-state index in [0.717, 1.165) is 0 Å². The zero-order chi connectivity index (χ0) is 9.90. The molecule has 1 aromatic rings. The maximum absolute atomic E-state index is 9.96. The molecule has 0 saturated heterocycles. The van der Waals surface area contributed by atoms with Gasteiger partial charge in [-0.1, -0.05) is 13.8 Å². The summed E-state index contributed by atoms with van der Waals surface area (Å²) in [5, 5.41) is 19.7. The van der Waals surface area contributed by atoms with Gasteiger partial charge in [0.2, 0.25) is 0 Å². The van der Waals surface area contributed by atoms with Gasteiger partial charge in [-0.05, 0) is 25.0 Å². The van der Waals surface area contributed by atoms with E-state index in [-0.39, 0.29) is 0 Å². The molecular formula is C10H16O3. The molecule has 0 spiro atoms. The molecule has 1 atom stereocenters. The van der Waals surface area contributed by atoms with Gasteiger partial charge in [0.05, 0.1) is 11.9 Å². The molecule has 0 radical (unpaired) electrons. The van der Waals surface area contributed by atoms with Crippen molar-refractivity contribution in [3.63, 3.8) is 0 Å². The van der Waals surface area contributed by atoms with Gasteiger partial charge in [0.25, 0.3) is 0 Å². The van der Waals surface area contributed by atoms with Crippen molar-refractivity contribution in [3.05, 3.63) is 24.2 Å². The van der Waals surface area contributed by atoms with Crippen LogP contribution >= 0.6 is 0 Å². The normalized spacial score (nSPS) is 14.5. The van der Waals surface area contributed by atoms with Crippen LogP contribution in [-0.4, -0.2) is 15.8 Å². The first-order valence-corrected chi connectivity index (χ1v) is 4.58. The predicted octanol–water partition coefficient (Wildman–Crippen LogP) is 1.86. The topological polar surface area (TPSA) is 53.6 Å². The standard InChI is InChI=1S/C10H16O3/c1-3-10(12,4-2)9(11)8-6-5-7-13-8/h5-7,9,11-12H,3-4H2,1-2H3. The number of furan rings is 1. The van der Waals surface area contributed by atoms with Gasteiger partial charge in [-0.3, -0.25) is 0 Å². The quantitative estimate of drug-likeness (QED) is 0.751. The molecule has 3 heteroatoms. The first-order chi connectivity index (χ1) is 6.14. The molecule has 3 nitrogen and oxygen atoms in total. The molecule has 13 heavy (non-hydrogen) atoms. The molecule has 0 saturated carbocycles. The maximum Gasteiger partial charge on any atom is 0.140 e. The summed E-state index contributed by atoms with van der Waals surface area (Å²) in [7, 11) is 0. The van der Waals surface area contributed by atoms with Crippen molar-refractivity contribution in [2.75, 3.05) is 0 Å². The van der Waals surface area contributed by atoms with E-state index in [1.165, 1.54) is 6.26 Å². The van der Waals surface area contributed by atoms with Crippen molar-refractivity contribution >= 4 is 0 Å². The Labute approximate surface area is 78.0 Å². The fourth-order valence-corrected chi connectivity index (χ4v) is 1.35. The van der Waals surface area contributed by atoms with Gasteiger partial charge in [-0.2, -0.15) is 0 Å². The van der Waals surface area contributed by atoms with E-state index in [1.807, 2.05) is 13.8 Å². The smallest absolute Gasteiger partial charge is 0.140 e. The van der Waals surface area contributed by atoms with Crippen molar-refractivity contribution < 1.29 is 14.6 Å². The Morgan fingerprint density at radius 1 is 1.46 bits per heavy atom. The number of aliphatic hydroxyl groups is 2. The van der Waals surface area contributed by atoms with E-state index in [1.54, 1.807) is 12.1 Å². The molecule has 0 aliphatic heterocycles. The first-order valence-electron chi connectivity index (χ1n) is 4.58. The number of hydrogen-bond acceptors (Lipinski definition) is 3. The monoisotopic (exact) mass is 184 g/mol. The Balaban J connectivity index is 2.82. The molecule has 0 aromatic carbocycles. The molecule has 0 bridgehead atoms. The fourth-order valence-electron chi connectivity index (χ4n) is 1.35. The summed E-state index contributed by atoms with van der Waals surface area (Å²) in [6.07, 6.45) is 1.57. The van der Waals surface area contributed by atoms with Gasteiger partial charge < -0.3 is 14.6 Å². The molecule has 1 unspecified atom stereocenters. The van der Waals surface area contributed by atoms with Crippen LogP contribution in [0.25, 0.3) is 0 Å². The Bertz CT molecular complexity index is 237. The highest BCUT2D eigenvalue weighted by Crippen LogP contribution is 2.31. The van der Waals surface area contributed by atoms with Crippen LogP contribution in [0.4, 0.5) is 0 Å². The van der Waals surface area contributed by atoms with Crippen molar-refractivity contribution in [2.45, 2.75) is 38.4 Å². The zero-order valence-corrected chi connectivity index (χ0v) is 8.03. The summed E-state index contributed by atoms with van der Waals surface area (Å²) in [6.45, 7) is 3.69. The molecular weight excluding hydrogens is 168 g/mol. The highest BCUT2D eigenvalue weighted by atomic mass is 16.4. The van der Waals surface area contributed by atoms with Gasteiger partial charge in [0.1, 0.15) is 11.9 Å². The van der Waals surface area contributed by atoms with E-state index < -0.39 is 11.7 Å². The largest absolute Gasteiger partial charge is 0.466 e. The summed E-state index contributed by atoms with van der Waals surface area (Å²) in [4.78, 5) is 0. The molecule has 0 aliphatic rings. The van der Waals surface area contributed by atoms with Crippen LogP contribution in [0.5, 0.6) is 0 Å². The first kappa shape index (κ1) is 10.3. The average molecular weight is 184 g/mol. The maximum atomic E-state index is 9.96. The Hall–Kier alpha value is -0.800. The van der Waals surface area contributed by atoms with Crippen LogP contribution in [0, 0.1) is 0 Å². The van der Waals surface area contributed by atoms with Gasteiger partial charge in [-0.15, -0.1) is 0 Å². The van der Waals surface area contributed by atoms with Crippen molar-refractivity contribution in [1.29, 1.82) is 0 Å². The third-order valence-corrected chi connectivity index (χ3v) is 2.55. The van der Waals surface area contributed by atoms with Gasteiger partial charge in [0, 0.05) is 0 Å². The molecule has 1 heterocycles. The summed E-state index contributed by atoms with van der Waals surface area (Å²) in [5.41, 5.74) is -1.07. The predicted molar refractivity (Wildman–Crippen MR) is 49.2 cm³/mol. The number of rotatable bonds is 4. The van der Waals surface area contributed by atoms with E-state index in [4.69, 9.17) is 4.42 Å². The zero-order valence-electron chi connectivity index (χ0n) is 8.03. The lowest BCUT2D eigenvalue weighted by Gasteiger charge is -2.29. The van der Waals surface area contributed by atoms with Crippen LogP contribution in [0.2, 0.25) is 0 Å².